The second-order valence-electron chi connectivity index (χ2n) is 3.81. The molecule has 0 spiro atoms. The van der Waals surface area contributed by atoms with Crippen LogP contribution in [-0.4, -0.2) is 12.4 Å². The largest absolute Gasteiger partial charge is 0.490 e. The molecule has 0 bridgehead atoms. The fourth-order valence-electron chi connectivity index (χ4n) is 1.72. The van der Waals surface area contributed by atoms with Crippen LogP contribution in [0.25, 0.3) is 0 Å². The van der Waals surface area contributed by atoms with E-state index < -0.39 is 0 Å². The molecule has 2 rings (SSSR count). The van der Waals surface area contributed by atoms with Gasteiger partial charge in [0.1, 0.15) is 5.75 Å². The third-order valence-electron chi connectivity index (χ3n) is 2.86. The summed E-state index contributed by atoms with van der Waals surface area (Å²) in [6.07, 6.45) is 6.17. The van der Waals surface area contributed by atoms with Crippen LogP contribution in [0, 0.1) is 0 Å². The first-order chi connectivity index (χ1) is 7.35. The summed E-state index contributed by atoms with van der Waals surface area (Å²) in [6.45, 7) is 0.555. The smallest absolute Gasteiger partial charge is 0.125 e. The fraction of sp³-hybridized carbons (Fsp3) is 0.500. The van der Waals surface area contributed by atoms with Crippen molar-refractivity contribution in [2.24, 2.45) is 5.73 Å². The van der Waals surface area contributed by atoms with Gasteiger partial charge in [0.2, 0.25) is 0 Å². The molecule has 1 aliphatic carbocycles. The Hall–Kier alpha value is -0.670. The zero-order chi connectivity index (χ0) is 10.7. The van der Waals surface area contributed by atoms with Crippen molar-refractivity contribution < 1.29 is 4.74 Å². The molecule has 1 fully saturated rings. The van der Waals surface area contributed by atoms with Crippen molar-refractivity contribution in [1.29, 1.82) is 0 Å². The van der Waals surface area contributed by atoms with E-state index in [1.54, 1.807) is 11.8 Å². The van der Waals surface area contributed by atoms with Crippen LogP contribution < -0.4 is 10.5 Å². The van der Waals surface area contributed by atoms with Crippen molar-refractivity contribution in [3.63, 3.8) is 0 Å². The molecule has 1 aromatic rings. The highest BCUT2D eigenvalue weighted by molar-refractivity contribution is 7.98. The molecule has 0 amide bonds. The molecule has 1 aromatic carbocycles. The van der Waals surface area contributed by atoms with Crippen LogP contribution >= 0.6 is 11.8 Å². The third-order valence-corrected chi connectivity index (χ3v) is 3.68. The number of thioether (sulfide) groups is 1. The molecule has 0 radical (unpaired) electrons. The normalized spacial score (nSPS) is 16.1. The van der Waals surface area contributed by atoms with Gasteiger partial charge in [0.15, 0.2) is 0 Å². The van der Waals surface area contributed by atoms with Crippen LogP contribution in [0.4, 0.5) is 0 Å². The Bertz CT molecular complexity index is 336. The first-order valence-electron chi connectivity index (χ1n) is 5.37. The highest BCUT2D eigenvalue weighted by atomic mass is 32.2. The van der Waals surface area contributed by atoms with Gasteiger partial charge in [-0.25, -0.2) is 0 Å². The Balaban J connectivity index is 2.20. The summed E-state index contributed by atoms with van der Waals surface area (Å²) in [5.74, 6) is 0.981. The zero-order valence-corrected chi connectivity index (χ0v) is 9.85. The number of rotatable bonds is 4. The van der Waals surface area contributed by atoms with E-state index >= 15 is 0 Å². The van der Waals surface area contributed by atoms with Crippen molar-refractivity contribution in [2.75, 3.05) is 6.26 Å². The molecule has 0 unspecified atom stereocenters. The van der Waals surface area contributed by atoms with Gasteiger partial charge >= 0.3 is 0 Å². The molecule has 0 atom stereocenters. The van der Waals surface area contributed by atoms with E-state index in [1.165, 1.54) is 24.2 Å². The molecule has 0 heterocycles. The van der Waals surface area contributed by atoms with E-state index in [4.69, 9.17) is 10.5 Å². The number of hydrogen-bond acceptors (Lipinski definition) is 3. The Morgan fingerprint density at radius 2 is 2.27 bits per heavy atom. The maximum Gasteiger partial charge on any atom is 0.125 e. The van der Waals surface area contributed by atoms with Gasteiger partial charge in [0, 0.05) is 17.0 Å². The number of benzene rings is 1. The third kappa shape index (κ3) is 2.29. The lowest BCUT2D eigenvalue weighted by Gasteiger charge is -2.27. The summed E-state index contributed by atoms with van der Waals surface area (Å²) in [4.78, 5) is 1.23. The van der Waals surface area contributed by atoms with Gasteiger partial charge in [-0.05, 0) is 37.7 Å². The van der Waals surface area contributed by atoms with Gasteiger partial charge in [0.25, 0.3) is 0 Å². The van der Waals surface area contributed by atoms with Crippen molar-refractivity contribution in [1.82, 2.24) is 0 Å². The summed E-state index contributed by atoms with van der Waals surface area (Å²) < 4.78 is 5.92. The lowest BCUT2D eigenvalue weighted by molar-refractivity contribution is 0.118. The van der Waals surface area contributed by atoms with Crippen LogP contribution in [0.1, 0.15) is 24.8 Å². The topological polar surface area (TPSA) is 35.2 Å². The van der Waals surface area contributed by atoms with Gasteiger partial charge in [-0.3, -0.25) is 0 Å². The lowest BCUT2D eigenvalue weighted by atomic mass is 9.96. The van der Waals surface area contributed by atoms with E-state index in [1.807, 2.05) is 12.1 Å². The molecule has 0 saturated heterocycles. The standard InChI is InChI=1S/C12H17NOS/c1-15-12-7-3-6-11(10(12)8-13)14-9-4-2-5-9/h3,6-7,9H,2,4-5,8,13H2,1H3. The highest BCUT2D eigenvalue weighted by Gasteiger charge is 2.20. The molecule has 1 aliphatic rings. The van der Waals surface area contributed by atoms with E-state index in [9.17, 15) is 0 Å². The predicted octanol–water partition coefficient (Wildman–Crippen LogP) is 2.80. The minimum absolute atomic E-state index is 0.424. The summed E-state index contributed by atoms with van der Waals surface area (Å²) in [5.41, 5.74) is 6.92. The van der Waals surface area contributed by atoms with Gasteiger partial charge < -0.3 is 10.5 Å². The van der Waals surface area contributed by atoms with E-state index in [0.29, 0.717) is 12.6 Å². The van der Waals surface area contributed by atoms with Crippen LogP contribution in [-0.2, 0) is 6.54 Å². The molecule has 2 N–H and O–H groups in total. The quantitative estimate of drug-likeness (QED) is 0.797. The summed E-state index contributed by atoms with van der Waals surface area (Å²) in [7, 11) is 0. The molecule has 3 heteroatoms. The van der Waals surface area contributed by atoms with Crippen LogP contribution in [0.5, 0.6) is 5.75 Å². The minimum Gasteiger partial charge on any atom is -0.490 e. The van der Waals surface area contributed by atoms with Gasteiger partial charge in [-0.15, -0.1) is 11.8 Å². The number of nitrogens with two attached hydrogens (primary N) is 1. The maximum absolute atomic E-state index is 5.92. The molecule has 2 nitrogen and oxygen atoms in total. The molecule has 82 valence electrons. The Morgan fingerprint density at radius 1 is 1.47 bits per heavy atom. The van der Waals surface area contributed by atoms with Crippen LogP contribution in [0.3, 0.4) is 0 Å². The fourth-order valence-corrected chi connectivity index (χ4v) is 2.36. The highest BCUT2D eigenvalue weighted by Crippen LogP contribution is 2.32. The number of ether oxygens (including phenoxy) is 1. The van der Waals surface area contributed by atoms with Crippen molar-refractivity contribution in [3.8, 4) is 5.75 Å². The first kappa shape index (κ1) is 10.8. The second kappa shape index (κ2) is 4.90. The first-order valence-corrected chi connectivity index (χ1v) is 6.60. The molecule has 0 aromatic heterocycles. The van der Waals surface area contributed by atoms with Gasteiger partial charge in [0.05, 0.1) is 6.10 Å². The molecular weight excluding hydrogens is 206 g/mol. The van der Waals surface area contributed by atoms with Crippen molar-refractivity contribution in [3.05, 3.63) is 23.8 Å². The van der Waals surface area contributed by atoms with E-state index in [0.717, 1.165) is 11.3 Å². The Labute approximate surface area is 95.2 Å². The summed E-state index contributed by atoms with van der Waals surface area (Å²) in [6, 6.07) is 6.17. The minimum atomic E-state index is 0.424. The predicted molar refractivity (Wildman–Crippen MR) is 64.4 cm³/mol. The molecule has 0 aliphatic heterocycles. The van der Waals surface area contributed by atoms with Crippen molar-refractivity contribution in [2.45, 2.75) is 36.8 Å². The lowest BCUT2D eigenvalue weighted by Crippen LogP contribution is -2.25. The average molecular weight is 223 g/mol. The Kier molecular flexibility index (Phi) is 3.54. The molecule has 15 heavy (non-hydrogen) atoms. The maximum atomic E-state index is 5.92. The summed E-state index contributed by atoms with van der Waals surface area (Å²) >= 11 is 1.73. The average Bonchev–Trinajstić information content (AvgIpc) is 2.22. The van der Waals surface area contributed by atoms with Gasteiger partial charge in [-0.2, -0.15) is 0 Å². The second-order valence-corrected chi connectivity index (χ2v) is 4.66. The zero-order valence-electron chi connectivity index (χ0n) is 9.03. The van der Waals surface area contributed by atoms with Crippen LogP contribution in [0.2, 0.25) is 0 Å². The van der Waals surface area contributed by atoms with Gasteiger partial charge in [-0.1, -0.05) is 6.07 Å². The Morgan fingerprint density at radius 3 is 2.80 bits per heavy atom. The summed E-state index contributed by atoms with van der Waals surface area (Å²) in [5, 5.41) is 0. The molecular formula is C12H17NOS. The monoisotopic (exact) mass is 223 g/mol. The molecule has 1 saturated carbocycles. The van der Waals surface area contributed by atoms with E-state index in [-0.39, 0.29) is 0 Å². The van der Waals surface area contributed by atoms with Crippen molar-refractivity contribution >= 4 is 11.8 Å². The van der Waals surface area contributed by atoms with E-state index in [2.05, 4.69) is 12.3 Å². The number of hydrogen-bond donors (Lipinski definition) is 1. The SMILES string of the molecule is CSc1cccc(OC2CCC2)c1CN. The van der Waals surface area contributed by atoms with Crippen LogP contribution in [0.15, 0.2) is 23.1 Å².